The van der Waals surface area contributed by atoms with Gasteiger partial charge in [0, 0.05) is 22.6 Å². The van der Waals surface area contributed by atoms with E-state index >= 15 is 0 Å². The summed E-state index contributed by atoms with van der Waals surface area (Å²) in [7, 11) is 0. The number of carbonyl (C=O) groups excluding carboxylic acids is 1. The molecule has 0 saturated carbocycles. The molecular formula is C15H17FeO3-. The molecule has 0 saturated heterocycles. The molecular weight excluding hydrogens is 284 g/mol. The zero-order chi connectivity index (χ0) is 13.4. The second-order valence-electron chi connectivity index (χ2n) is 3.64. The van der Waals surface area contributed by atoms with E-state index in [-0.39, 0.29) is 28.8 Å². The number of hydrogen-bond donors (Lipinski definition) is 1. The van der Waals surface area contributed by atoms with Crippen molar-refractivity contribution >= 4 is 5.78 Å². The normalized spacial score (nSPS) is 14.7. The van der Waals surface area contributed by atoms with E-state index < -0.39 is 0 Å². The van der Waals surface area contributed by atoms with Crippen molar-refractivity contribution in [1.82, 2.24) is 0 Å². The number of aliphatic hydroxyl groups is 1. The predicted octanol–water partition coefficient (Wildman–Crippen LogP) is 3.28. The molecule has 1 N–H and O–H groups in total. The Balaban J connectivity index is 0.000000454. The Hall–Kier alpha value is -1.64. The number of rotatable bonds is 3. The van der Waals surface area contributed by atoms with E-state index in [0.29, 0.717) is 17.8 Å². The van der Waals surface area contributed by atoms with Crippen LogP contribution in [0.4, 0.5) is 0 Å². The molecule has 1 aliphatic carbocycles. The van der Waals surface area contributed by atoms with Gasteiger partial charge in [-0.25, -0.2) is 12.1 Å². The van der Waals surface area contributed by atoms with Gasteiger partial charge in [-0.2, -0.15) is 18.2 Å². The number of hydrogen-bond acceptors (Lipinski definition) is 3. The molecule has 2 rings (SSSR count). The van der Waals surface area contributed by atoms with Crippen LogP contribution < -0.4 is 0 Å². The van der Waals surface area contributed by atoms with Crippen molar-refractivity contribution in [1.29, 1.82) is 0 Å². The molecule has 0 spiro atoms. The van der Waals surface area contributed by atoms with Crippen molar-refractivity contribution in [3.63, 3.8) is 0 Å². The maximum Gasteiger partial charge on any atom is 0.284 e. The number of carbonyl (C=O) groups is 1. The van der Waals surface area contributed by atoms with Crippen LogP contribution in [0.1, 0.15) is 13.8 Å². The number of Topliss-reactive ketones (excluding diaryl/α,β-unsaturated/α-hetero) is 1. The van der Waals surface area contributed by atoms with Crippen molar-refractivity contribution in [2.45, 2.75) is 13.8 Å². The molecule has 0 radical (unpaired) electrons. The fourth-order valence-electron chi connectivity index (χ4n) is 1.34. The van der Waals surface area contributed by atoms with Crippen LogP contribution in [0, 0.1) is 0 Å². The van der Waals surface area contributed by atoms with Gasteiger partial charge in [0.2, 0.25) is 0 Å². The van der Waals surface area contributed by atoms with Crippen LogP contribution in [0.3, 0.4) is 0 Å². The third-order valence-corrected chi connectivity index (χ3v) is 2.24. The Morgan fingerprint density at radius 3 is 2.32 bits per heavy atom. The minimum Gasteiger partial charge on any atom is -0.481 e. The van der Waals surface area contributed by atoms with Crippen molar-refractivity contribution in [2.75, 3.05) is 6.61 Å². The summed E-state index contributed by atoms with van der Waals surface area (Å²) in [6.07, 6.45) is 4.92. The molecule has 104 valence electrons. The molecule has 1 aromatic rings. The number of ketones is 1. The fourth-order valence-corrected chi connectivity index (χ4v) is 1.34. The summed E-state index contributed by atoms with van der Waals surface area (Å²) < 4.78 is 4.88. The van der Waals surface area contributed by atoms with E-state index in [1.807, 2.05) is 30.3 Å². The Bertz CT molecular complexity index is 450. The molecule has 19 heavy (non-hydrogen) atoms. The quantitative estimate of drug-likeness (QED) is 0.529. The van der Waals surface area contributed by atoms with Gasteiger partial charge in [0.15, 0.2) is 5.78 Å². The zero-order valence-electron chi connectivity index (χ0n) is 10.9. The summed E-state index contributed by atoms with van der Waals surface area (Å²) >= 11 is 0. The topological polar surface area (TPSA) is 46.5 Å². The van der Waals surface area contributed by atoms with Crippen LogP contribution >= 0.6 is 0 Å². The molecule has 4 heteroatoms. The van der Waals surface area contributed by atoms with Gasteiger partial charge in [0.25, 0.3) is 5.95 Å². The maximum absolute atomic E-state index is 10.9. The molecule has 0 aliphatic heterocycles. The third-order valence-electron chi connectivity index (χ3n) is 2.24. The molecule has 0 bridgehead atoms. The van der Waals surface area contributed by atoms with Gasteiger partial charge in [-0.1, -0.05) is 6.08 Å². The minimum absolute atomic E-state index is 0. The Labute approximate surface area is 124 Å². The first-order valence-corrected chi connectivity index (χ1v) is 5.78. The van der Waals surface area contributed by atoms with Crippen LogP contribution in [-0.2, 0) is 26.6 Å². The smallest absolute Gasteiger partial charge is 0.284 e. The third kappa shape index (κ3) is 6.18. The van der Waals surface area contributed by atoms with Gasteiger partial charge in [-0.3, -0.25) is 4.79 Å². The first-order chi connectivity index (χ1) is 8.65. The van der Waals surface area contributed by atoms with Crippen molar-refractivity contribution < 1.29 is 31.7 Å². The van der Waals surface area contributed by atoms with Crippen LogP contribution in [0.15, 0.2) is 65.7 Å². The van der Waals surface area contributed by atoms with E-state index in [9.17, 15) is 9.90 Å². The van der Waals surface area contributed by atoms with Crippen LogP contribution in [0.25, 0.3) is 0 Å². The molecule has 0 heterocycles. The summed E-state index contributed by atoms with van der Waals surface area (Å²) in [5.74, 6) is -0.148. The SMILES string of the molecule is CCO/C(O)=C1/C=CC(C(C)=O)=C1.[Fe].c1cc[cH-]c1. The molecule has 1 aliphatic rings. The van der Waals surface area contributed by atoms with Gasteiger partial charge in [0.05, 0.1) is 12.2 Å². The van der Waals surface area contributed by atoms with E-state index in [1.165, 1.54) is 6.92 Å². The molecule has 0 fully saturated rings. The Morgan fingerprint density at radius 1 is 1.32 bits per heavy atom. The fraction of sp³-hybridized carbons (Fsp3) is 0.200. The molecule has 0 unspecified atom stereocenters. The second-order valence-corrected chi connectivity index (χ2v) is 3.64. The molecule has 0 aromatic heterocycles. The maximum atomic E-state index is 10.9. The Kier molecular flexibility index (Phi) is 8.51. The predicted molar refractivity (Wildman–Crippen MR) is 71.2 cm³/mol. The van der Waals surface area contributed by atoms with Crippen LogP contribution in [0.5, 0.6) is 0 Å². The number of ether oxygens (including phenoxy) is 1. The summed E-state index contributed by atoms with van der Waals surface area (Å²) in [5, 5.41) is 9.30. The average Bonchev–Trinajstić information content (AvgIpc) is 3.04. The van der Waals surface area contributed by atoms with Crippen LogP contribution in [0.2, 0.25) is 0 Å². The average molecular weight is 301 g/mol. The molecule has 0 amide bonds. The molecule has 3 nitrogen and oxygen atoms in total. The van der Waals surface area contributed by atoms with Crippen molar-refractivity contribution in [2.24, 2.45) is 0 Å². The van der Waals surface area contributed by atoms with E-state index in [4.69, 9.17) is 4.74 Å². The second kappa shape index (κ2) is 9.31. The van der Waals surface area contributed by atoms with Crippen molar-refractivity contribution in [3.8, 4) is 0 Å². The Morgan fingerprint density at radius 2 is 1.95 bits per heavy atom. The molecule has 0 atom stereocenters. The summed E-state index contributed by atoms with van der Waals surface area (Å²) in [6, 6.07) is 10.0. The van der Waals surface area contributed by atoms with Crippen molar-refractivity contribution in [3.05, 3.63) is 65.7 Å². The molecule has 1 aromatic carbocycles. The summed E-state index contributed by atoms with van der Waals surface area (Å²) in [6.45, 7) is 3.67. The van der Waals surface area contributed by atoms with Gasteiger partial charge in [-0.05, 0) is 26.0 Å². The van der Waals surface area contributed by atoms with Gasteiger partial charge in [0.1, 0.15) is 0 Å². The standard InChI is InChI=1S/C10H12O3.C5H5.Fe/c1-3-13-10(12)9-5-4-8(6-9)7(2)11;1-2-4-5-3-1;/h4-6,12H,3H2,1-2H3;1-5H;/q;-1;/b10-9-;;. The summed E-state index contributed by atoms with van der Waals surface area (Å²) in [5.41, 5.74) is 1.13. The van der Waals surface area contributed by atoms with Gasteiger partial charge >= 0.3 is 0 Å². The largest absolute Gasteiger partial charge is 0.481 e. The number of allylic oxidation sites excluding steroid dienone is 5. The monoisotopic (exact) mass is 301 g/mol. The minimum atomic E-state index is -0.130. The summed E-state index contributed by atoms with van der Waals surface area (Å²) in [4.78, 5) is 10.9. The van der Waals surface area contributed by atoms with E-state index in [1.54, 1.807) is 25.2 Å². The first-order valence-electron chi connectivity index (χ1n) is 5.78. The van der Waals surface area contributed by atoms with Gasteiger partial charge in [-0.15, -0.1) is 0 Å². The van der Waals surface area contributed by atoms with E-state index in [0.717, 1.165) is 0 Å². The van der Waals surface area contributed by atoms with Crippen LogP contribution in [-0.4, -0.2) is 17.5 Å². The van der Waals surface area contributed by atoms with E-state index in [2.05, 4.69) is 0 Å². The number of aliphatic hydroxyl groups excluding tert-OH is 1. The zero-order valence-corrected chi connectivity index (χ0v) is 12.0. The van der Waals surface area contributed by atoms with Gasteiger partial charge < -0.3 is 9.84 Å². The first kappa shape index (κ1) is 17.4.